The third kappa shape index (κ3) is 4.75. The standard InChI is InChI=1S/C25H21NO5/c1-29-20-9-5-6-17(14-20)15-21(24(27)18-7-3-2-4-8-18)25(28)26-19-10-11-22-23(16-19)31-13-12-30-22/h2-11,14-16H,12-13H2,1H3,(H,26,28)/b21-15+. The minimum atomic E-state index is -0.520. The molecule has 4 rings (SSSR count). The normalized spacial score (nSPS) is 12.7. The lowest BCUT2D eigenvalue weighted by molar-refractivity contribution is -0.112. The average molecular weight is 415 g/mol. The Bertz CT molecular complexity index is 1140. The molecule has 31 heavy (non-hydrogen) atoms. The van der Waals surface area contributed by atoms with Gasteiger partial charge in [-0.3, -0.25) is 9.59 Å². The van der Waals surface area contributed by atoms with Gasteiger partial charge in [-0.05, 0) is 35.9 Å². The number of fused-ring (bicyclic) bond motifs is 1. The zero-order valence-electron chi connectivity index (χ0n) is 17.0. The first-order chi connectivity index (χ1) is 15.1. The number of methoxy groups -OCH3 is 1. The van der Waals surface area contributed by atoms with Gasteiger partial charge < -0.3 is 19.5 Å². The molecule has 1 aliphatic heterocycles. The Balaban J connectivity index is 1.67. The second-order valence-corrected chi connectivity index (χ2v) is 6.84. The Morgan fingerprint density at radius 1 is 0.903 bits per heavy atom. The second-order valence-electron chi connectivity index (χ2n) is 6.84. The van der Waals surface area contributed by atoms with Crippen LogP contribution in [0, 0.1) is 0 Å². The molecule has 1 aliphatic rings. The van der Waals surface area contributed by atoms with E-state index < -0.39 is 5.91 Å². The zero-order valence-corrected chi connectivity index (χ0v) is 17.0. The number of nitrogens with one attached hydrogen (secondary N) is 1. The van der Waals surface area contributed by atoms with Crippen LogP contribution < -0.4 is 19.5 Å². The summed E-state index contributed by atoms with van der Waals surface area (Å²) in [5, 5.41) is 2.80. The summed E-state index contributed by atoms with van der Waals surface area (Å²) < 4.78 is 16.3. The van der Waals surface area contributed by atoms with Crippen LogP contribution >= 0.6 is 0 Å². The van der Waals surface area contributed by atoms with Crippen LogP contribution in [-0.4, -0.2) is 32.0 Å². The largest absolute Gasteiger partial charge is 0.497 e. The van der Waals surface area contributed by atoms with Crippen LogP contribution in [-0.2, 0) is 4.79 Å². The molecule has 1 N–H and O–H groups in total. The molecule has 0 fully saturated rings. The smallest absolute Gasteiger partial charge is 0.259 e. The van der Waals surface area contributed by atoms with Crippen molar-refractivity contribution in [3.8, 4) is 17.2 Å². The van der Waals surface area contributed by atoms with E-state index in [9.17, 15) is 9.59 Å². The first-order valence-corrected chi connectivity index (χ1v) is 9.80. The van der Waals surface area contributed by atoms with Crippen LogP contribution in [0.1, 0.15) is 15.9 Å². The fourth-order valence-electron chi connectivity index (χ4n) is 3.20. The molecule has 3 aromatic carbocycles. The fraction of sp³-hybridized carbons (Fsp3) is 0.120. The average Bonchev–Trinajstić information content (AvgIpc) is 2.82. The number of ether oxygens (including phenoxy) is 3. The van der Waals surface area contributed by atoms with Crippen molar-refractivity contribution in [1.82, 2.24) is 0 Å². The lowest BCUT2D eigenvalue weighted by Gasteiger charge is -2.19. The van der Waals surface area contributed by atoms with E-state index in [0.29, 0.717) is 47.3 Å². The maximum Gasteiger partial charge on any atom is 0.259 e. The van der Waals surface area contributed by atoms with Crippen LogP contribution in [0.3, 0.4) is 0 Å². The van der Waals surface area contributed by atoms with Crippen molar-refractivity contribution in [3.63, 3.8) is 0 Å². The van der Waals surface area contributed by atoms with Crippen LogP contribution in [0.4, 0.5) is 5.69 Å². The lowest BCUT2D eigenvalue weighted by atomic mass is 10.00. The number of hydrogen-bond acceptors (Lipinski definition) is 5. The van der Waals surface area contributed by atoms with Gasteiger partial charge in [0.2, 0.25) is 0 Å². The molecule has 0 aliphatic carbocycles. The predicted octanol–water partition coefficient (Wildman–Crippen LogP) is 4.37. The maximum atomic E-state index is 13.2. The van der Waals surface area contributed by atoms with Gasteiger partial charge in [-0.15, -0.1) is 0 Å². The summed E-state index contributed by atoms with van der Waals surface area (Å²) in [4.78, 5) is 26.3. The van der Waals surface area contributed by atoms with Crippen molar-refractivity contribution >= 4 is 23.5 Å². The van der Waals surface area contributed by atoms with Crippen molar-refractivity contribution in [3.05, 3.63) is 89.5 Å². The monoisotopic (exact) mass is 415 g/mol. The summed E-state index contributed by atoms with van der Waals surface area (Å²) in [7, 11) is 1.56. The van der Waals surface area contributed by atoms with Crippen LogP contribution in [0.5, 0.6) is 17.2 Å². The van der Waals surface area contributed by atoms with Crippen molar-refractivity contribution < 1.29 is 23.8 Å². The topological polar surface area (TPSA) is 73.9 Å². The number of amides is 1. The molecular weight excluding hydrogens is 394 g/mol. The van der Waals surface area contributed by atoms with Crippen LogP contribution in [0.2, 0.25) is 0 Å². The molecular formula is C25H21NO5. The van der Waals surface area contributed by atoms with Gasteiger partial charge in [-0.1, -0.05) is 42.5 Å². The molecule has 0 aromatic heterocycles. The first kappa shape index (κ1) is 20.2. The Morgan fingerprint density at radius 2 is 1.68 bits per heavy atom. The summed E-state index contributed by atoms with van der Waals surface area (Å²) >= 11 is 0. The van der Waals surface area contributed by atoms with E-state index in [1.165, 1.54) is 0 Å². The maximum absolute atomic E-state index is 13.2. The van der Waals surface area contributed by atoms with Crippen molar-refractivity contribution in [1.29, 1.82) is 0 Å². The number of rotatable bonds is 6. The summed E-state index contributed by atoms with van der Waals surface area (Å²) in [6.45, 7) is 0.926. The summed E-state index contributed by atoms with van der Waals surface area (Å²) in [6.07, 6.45) is 1.56. The SMILES string of the molecule is COc1cccc(/C=C(/C(=O)Nc2ccc3c(c2)OCCO3)C(=O)c2ccccc2)c1. The van der Waals surface area contributed by atoms with Gasteiger partial charge in [0.25, 0.3) is 5.91 Å². The molecule has 0 saturated carbocycles. The molecule has 156 valence electrons. The molecule has 1 heterocycles. The number of Topliss-reactive ketones (excluding diaryl/α,β-unsaturated/α-hetero) is 1. The Kier molecular flexibility index (Phi) is 5.98. The first-order valence-electron chi connectivity index (χ1n) is 9.80. The quantitative estimate of drug-likeness (QED) is 0.280. The predicted molar refractivity (Wildman–Crippen MR) is 118 cm³/mol. The summed E-state index contributed by atoms with van der Waals surface area (Å²) in [5.74, 6) is 0.910. The molecule has 0 unspecified atom stereocenters. The molecule has 1 amide bonds. The Morgan fingerprint density at radius 3 is 2.45 bits per heavy atom. The van der Waals surface area contributed by atoms with Crippen LogP contribution in [0.25, 0.3) is 6.08 Å². The molecule has 0 radical (unpaired) electrons. The molecule has 6 nitrogen and oxygen atoms in total. The highest BCUT2D eigenvalue weighted by atomic mass is 16.6. The molecule has 0 bridgehead atoms. The van der Waals surface area contributed by atoms with Crippen LogP contribution in [0.15, 0.2) is 78.4 Å². The number of carbonyl (C=O) groups excluding carboxylic acids is 2. The van der Waals surface area contributed by atoms with E-state index in [4.69, 9.17) is 14.2 Å². The number of ketones is 1. The van der Waals surface area contributed by atoms with E-state index in [0.717, 1.165) is 0 Å². The number of benzene rings is 3. The lowest BCUT2D eigenvalue weighted by Crippen LogP contribution is -2.21. The van der Waals surface area contributed by atoms with E-state index in [1.807, 2.05) is 6.07 Å². The van der Waals surface area contributed by atoms with E-state index in [-0.39, 0.29) is 11.4 Å². The minimum Gasteiger partial charge on any atom is -0.497 e. The van der Waals surface area contributed by atoms with Gasteiger partial charge in [0.05, 0.1) is 12.7 Å². The third-order valence-electron chi connectivity index (χ3n) is 4.73. The molecule has 0 spiro atoms. The van der Waals surface area contributed by atoms with E-state index >= 15 is 0 Å². The zero-order chi connectivity index (χ0) is 21.6. The van der Waals surface area contributed by atoms with Gasteiger partial charge in [-0.25, -0.2) is 0 Å². The summed E-state index contributed by atoms with van der Waals surface area (Å²) in [5.41, 5.74) is 1.62. The number of anilines is 1. The highest BCUT2D eigenvalue weighted by Crippen LogP contribution is 2.32. The third-order valence-corrected chi connectivity index (χ3v) is 4.73. The fourth-order valence-corrected chi connectivity index (χ4v) is 3.20. The van der Waals surface area contributed by atoms with Gasteiger partial charge in [0.1, 0.15) is 19.0 Å². The molecule has 0 atom stereocenters. The van der Waals surface area contributed by atoms with Gasteiger partial charge in [-0.2, -0.15) is 0 Å². The minimum absolute atomic E-state index is 0.00865. The Hall–Kier alpha value is -4.06. The molecule has 0 saturated heterocycles. The molecule has 3 aromatic rings. The van der Waals surface area contributed by atoms with E-state index in [1.54, 1.807) is 79.9 Å². The van der Waals surface area contributed by atoms with Gasteiger partial charge in [0.15, 0.2) is 17.3 Å². The van der Waals surface area contributed by atoms with Gasteiger partial charge >= 0.3 is 0 Å². The van der Waals surface area contributed by atoms with Crippen molar-refractivity contribution in [2.24, 2.45) is 0 Å². The summed E-state index contributed by atoms with van der Waals surface area (Å²) in [6, 6.07) is 21.0. The van der Waals surface area contributed by atoms with Gasteiger partial charge in [0, 0.05) is 17.3 Å². The van der Waals surface area contributed by atoms with E-state index in [2.05, 4.69) is 5.32 Å². The number of hydrogen-bond donors (Lipinski definition) is 1. The Labute approximate surface area is 180 Å². The number of carbonyl (C=O) groups is 2. The second kappa shape index (κ2) is 9.17. The van der Waals surface area contributed by atoms with Crippen molar-refractivity contribution in [2.45, 2.75) is 0 Å². The highest BCUT2D eigenvalue weighted by Gasteiger charge is 2.21. The highest BCUT2D eigenvalue weighted by molar-refractivity contribution is 6.31. The van der Waals surface area contributed by atoms with Crippen molar-refractivity contribution in [2.75, 3.05) is 25.6 Å². The molecule has 6 heteroatoms.